The molecule has 2 nitrogen and oxygen atoms in total. The first kappa shape index (κ1) is 15.5. The summed E-state index contributed by atoms with van der Waals surface area (Å²) in [5.74, 6) is 0.674. The molecule has 18 heavy (non-hydrogen) atoms. The number of nitrogens with one attached hydrogen (secondary N) is 1. The molecule has 1 aliphatic heterocycles. The Hall–Kier alpha value is -0.510. The second kappa shape index (κ2) is 6.60. The molecule has 1 saturated heterocycles. The van der Waals surface area contributed by atoms with Gasteiger partial charge in [0.15, 0.2) is 0 Å². The Labute approximate surface area is 118 Å². The summed E-state index contributed by atoms with van der Waals surface area (Å²) in [5, 5.41) is 3.79. The minimum atomic E-state index is -1.12. The van der Waals surface area contributed by atoms with E-state index in [0.717, 1.165) is 18.7 Å². The second-order valence-corrected chi connectivity index (χ2v) is 4.97. The van der Waals surface area contributed by atoms with Crippen molar-refractivity contribution >= 4 is 24.0 Å². The van der Waals surface area contributed by atoms with Gasteiger partial charge in [-0.3, -0.25) is 0 Å². The van der Waals surface area contributed by atoms with Gasteiger partial charge in [-0.2, -0.15) is 0 Å². The minimum Gasteiger partial charge on any atom is -0.496 e. The van der Waals surface area contributed by atoms with Crippen molar-refractivity contribution < 1.29 is 9.13 Å². The molecule has 0 bridgehead atoms. The largest absolute Gasteiger partial charge is 0.496 e. The van der Waals surface area contributed by atoms with Crippen LogP contribution in [-0.2, 0) is 6.42 Å². The van der Waals surface area contributed by atoms with Crippen molar-refractivity contribution in [1.29, 1.82) is 0 Å². The van der Waals surface area contributed by atoms with E-state index in [0.29, 0.717) is 30.0 Å². The maximum atomic E-state index is 14.5. The van der Waals surface area contributed by atoms with E-state index in [-0.39, 0.29) is 12.4 Å². The molecular formula is C13H18Cl2FNO. The lowest BCUT2D eigenvalue weighted by molar-refractivity contribution is 0.115. The van der Waals surface area contributed by atoms with Crippen molar-refractivity contribution in [2.24, 2.45) is 0 Å². The Morgan fingerprint density at radius 3 is 2.67 bits per heavy atom. The molecule has 0 amide bonds. The van der Waals surface area contributed by atoms with E-state index >= 15 is 0 Å². The Kier molecular flexibility index (Phi) is 5.70. The highest BCUT2D eigenvalue weighted by atomic mass is 35.5. The maximum absolute atomic E-state index is 14.5. The van der Waals surface area contributed by atoms with Gasteiger partial charge < -0.3 is 10.1 Å². The number of piperidine rings is 1. The quantitative estimate of drug-likeness (QED) is 0.922. The van der Waals surface area contributed by atoms with Crippen LogP contribution in [0.2, 0.25) is 5.02 Å². The van der Waals surface area contributed by atoms with Gasteiger partial charge in [0.2, 0.25) is 0 Å². The monoisotopic (exact) mass is 293 g/mol. The van der Waals surface area contributed by atoms with Crippen LogP contribution in [0, 0.1) is 0 Å². The van der Waals surface area contributed by atoms with Crippen molar-refractivity contribution in [3.8, 4) is 5.75 Å². The molecule has 102 valence electrons. The summed E-state index contributed by atoms with van der Waals surface area (Å²) in [6.07, 6.45) is 1.51. The van der Waals surface area contributed by atoms with Crippen LogP contribution >= 0.6 is 24.0 Å². The highest BCUT2D eigenvalue weighted by Crippen LogP contribution is 2.32. The van der Waals surface area contributed by atoms with Crippen molar-refractivity contribution in [2.75, 3.05) is 20.2 Å². The van der Waals surface area contributed by atoms with E-state index in [1.807, 2.05) is 6.07 Å². The average Bonchev–Trinajstić information content (AvgIpc) is 2.32. The summed E-state index contributed by atoms with van der Waals surface area (Å²) in [5.41, 5.74) is -0.229. The van der Waals surface area contributed by atoms with Gasteiger partial charge in [-0.15, -0.1) is 12.4 Å². The van der Waals surface area contributed by atoms with E-state index in [4.69, 9.17) is 16.3 Å². The van der Waals surface area contributed by atoms with Crippen LogP contribution in [-0.4, -0.2) is 25.9 Å². The molecule has 0 radical (unpaired) electrons. The third-order valence-electron chi connectivity index (χ3n) is 3.26. The van der Waals surface area contributed by atoms with E-state index in [2.05, 4.69) is 5.32 Å². The predicted molar refractivity (Wildman–Crippen MR) is 74.9 cm³/mol. The lowest BCUT2D eigenvalue weighted by Crippen LogP contribution is -2.40. The molecular weight excluding hydrogens is 276 g/mol. The van der Waals surface area contributed by atoms with Crippen molar-refractivity contribution in [1.82, 2.24) is 5.32 Å². The topological polar surface area (TPSA) is 21.3 Å². The van der Waals surface area contributed by atoms with E-state index in [1.54, 1.807) is 19.2 Å². The van der Waals surface area contributed by atoms with Crippen LogP contribution < -0.4 is 10.1 Å². The average molecular weight is 294 g/mol. The van der Waals surface area contributed by atoms with Crippen molar-refractivity contribution in [3.05, 3.63) is 28.8 Å². The lowest BCUT2D eigenvalue weighted by Gasteiger charge is -2.30. The number of halogens is 3. The fraction of sp³-hybridized carbons (Fsp3) is 0.538. The Morgan fingerprint density at radius 2 is 2.06 bits per heavy atom. The van der Waals surface area contributed by atoms with E-state index in [9.17, 15) is 4.39 Å². The van der Waals surface area contributed by atoms with Gasteiger partial charge in [0.1, 0.15) is 11.4 Å². The number of ether oxygens (including phenoxy) is 1. The normalized spacial score (nSPS) is 17.9. The van der Waals surface area contributed by atoms with Crippen LogP contribution in [0.4, 0.5) is 4.39 Å². The van der Waals surface area contributed by atoms with Gasteiger partial charge in [-0.25, -0.2) is 4.39 Å². The second-order valence-electron chi connectivity index (χ2n) is 4.53. The molecule has 0 aromatic heterocycles. The molecule has 1 aromatic carbocycles. The molecule has 0 atom stereocenters. The molecule has 0 spiro atoms. The smallest absolute Gasteiger partial charge is 0.123 e. The highest BCUT2D eigenvalue weighted by molar-refractivity contribution is 6.30. The van der Waals surface area contributed by atoms with Crippen LogP contribution in [0.25, 0.3) is 0 Å². The Bertz CT molecular complexity index is 395. The lowest BCUT2D eigenvalue weighted by atomic mass is 9.87. The standard InChI is InChI=1S/C13H17ClFNO.ClH/c1-17-12-8-11(14)3-2-10(12)9-13(15)4-6-16-7-5-13;/h2-3,8,16H,4-7,9H2,1H3;1H. The number of hydrogen-bond acceptors (Lipinski definition) is 2. The van der Waals surface area contributed by atoms with Gasteiger partial charge in [-0.05, 0) is 43.6 Å². The summed E-state index contributed by atoms with van der Waals surface area (Å²) < 4.78 is 19.8. The zero-order valence-electron chi connectivity index (χ0n) is 10.3. The van der Waals surface area contributed by atoms with Crippen LogP contribution in [0.15, 0.2) is 18.2 Å². The predicted octanol–water partition coefficient (Wildman–Crippen LogP) is 3.40. The maximum Gasteiger partial charge on any atom is 0.123 e. The fourth-order valence-electron chi connectivity index (χ4n) is 2.26. The number of hydrogen-bond donors (Lipinski definition) is 1. The number of benzene rings is 1. The SMILES string of the molecule is COc1cc(Cl)ccc1CC1(F)CCNCC1.Cl. The highest BCUT2D eigenvalue weighted by Gasteiger charge is 2.32. The fourth-order valence-corrected chi connectivity index (χ4v) is 2.42. The third kappa shape index (κ3) is 3.74. The molecule has 1 N–H and O–H groups in total. The summed E-state index contributed by atoms with van der Waals surface area (Å²) in [4.78, 5) is 0. The van der Waals surface area contributed by atoms with Gasteiger partial charge in [-0.1, -0.05) is 17.7 Å². The van der Waals surface area contributed by atoms with Gasteiger partial charge in [0.25, 0.3) is 0 Å². The van der Waals surface area contributed by atoms with E-state index < -0.39 is 5.67 Å². The molecule has 0 saturated carbocycles. The first-order valence-corrected chi connectivity index (χ1v) is 6.23. The molecule has 1 aromatic rings. The minimum absolute atomic E-state index is 0. The summed E-state index contributed by atoms with van der Waals surface area (Å²) in [6, 6.07) is 5.37. The van der Waals surface area contributed by atoms with Crippen LogP contribution in [0.5, 0.6) is 5.75 Å². The van der Waals surface area contributed by atoms with Gasteiger partial charge in [0.05, 0.1) is 7.11 Å². The van der Waals surface area contributed by atoms with Crippen molar-refractivity contribution in [2.45, 2.75) is 24.9 Å². The molecule has 1 fully saturated rings. The van der Waals surface area contributed by atoms with Crippen LogP contribution in [0.1, 0.15) is 18.4 Å². The summed E-state index contributed by atoms with van der Waals surface area (Å²) in [7, 11) is 1.59. The van der Waals surface area contributed by atoms with Crippen molar-refractivity contribution in [3.63, 3.8) is 0 Å². The van der Waals surface area contributed by atoms with E-state index in [1.165, 1.54) is 0 Å². The Morgan fingerprint density at radius 1 is 1.39 bits per heavy atom. The molecule has 2 rings (SSSR count). The first-order valence-electron chi connectivity index (χ1n) is 5.85. The zero-order chi connectivity index (χ0) is 12.3. The Balaban J connectivity index is 0.00000162. The third-order valence-corrected chi connectivity index (χ3v) is 3.49. The number of rotatable bonds is 3. The summed E-state index contributed by atoms with van der Waals surface area (Å²) >= 11 is 5.89. The number of alkyl halides is 1. The first-order chi connectivity index (χ1) is 8.13. The number of methoxy groups -OCH3 is 1. The zero-order valence-corrected chi connectivity index (χ0v) is 11.9. The molecule has 0 unspecified atom stereocenters. The van der Waals surface area contributed by atoms with Crippen LogP contribution in [0.3, 0.4) is 0 Å². The molecule has 1 aliphatic rings. The molecule has 1 heterocycles. The summed E-state index contributed by atoms with van der Waals surface area (Å²) in [6.45, 7) is 1.48. The molecule has 0 aliphatic carbocycles. The molecule has 5 heteroatoms. The van der Waals surface area contributed by atoms with Gasteiger partial charge in [0, 0.05) is 11.4 Å². The van der Waals surface area contributed by atoms with Gasteiger partial charge >= 0.3 is 0 Å².